The largest absolute Gasteiger partial charge is 0.387 e. The summed E-state index contributed by atoms with van der Waals surface area (Å²) >= 11 is 0. The minimum Gasteiger partial charge on any atom is -0.387 e. The molecule has 1 fully saturated rings. The predicted octanol–water partition coefficient (Wildman–Crippen LogP) is 1.89. The quantitative estimate of drug-likeness (QED) is 0.870. The van der Waals surface area contributed by atoms with Crippen molar-refractivity contribution in [2.75, 3.05) is 33.2 Å². The highest BCUT2D eigenvalue weighted by atomic mass is 16.3. The number of likely N-dealkylation sites (tertiary alicyclic amines) is 1. The Bertz CT molecular complexity index is 481. The Morgan fingerprint density at radius 2 is 1.95 bits per heavy atom. The highest BCUT2D eigenvalue weighted by Gasteiger charge is 2.20. The number of aliphatic hydroxyl groups is 1. The first-order chi connectivity index (χ1) is 9.95. The van der Waals surface area contributed by atoms with Crippen LogP contribution in [-0.4, -0.2) is 54.0 Å². The Labute approximate surface area is 127 Å². The SMILES string of the molecule is Cc1cc(C)cc(C(O)CN(C)CCN2CCCC2=O)c1. The highest BCUT2D eigenvalue weighted by molar-refractivity contribution is 5.78. The first kappa shape index (κ1) is 16.0. The van der Waals surface area contributed by atoms with Gasteiger partial charge in [-0.2, -0.15) is 0 Å². The van der Waals surface area contributed by atoms with E-state index in [-0.39, 0.29) is 5.91 Å². The third-order valence-corrected chi connectivity index (χ3v) is 4.04. The van der Waals surface area contributed by atoms with Crippen molar-refractivity contribution >= 4 is 5.91 Å². The minimum absolute atomic E-state index is 0.262. The lowest BCUT2D eigenvalue weighted by Crippen LogP contribution is -2.35. The topological polar surface area (TPSA) is 43.8 Å². The summed E-state index contributed by atoms with van der Waals surface area (Å²) in [6.45, 7) is 7.12. The summed E-state index contributed by atoms with van der Waals surface area (Å²) in [6.07, 6.45) is 1.19. The van der Waals surface area contributed by atoms with Crippen LogP contribution in [0.25, 0.3) is 0 Å². The molecule has 0 bridgehead atoms. The second-order valence-corrected chi connectivity index (χ2v) is 6.18. The van der Waals surface area contributed by atoms with Crippen LogP contribution in [0.1, 0.15) is 35.6 Å². The van der Waals surface area contributed by atoms with Crippen LogP contribution in [0.4, 0.5) is 0 Å². The maximum atomic E-state index is 11.6. The number of carbonyl (C=O) groups excluding carboxylic acids is 1. The second kappa shape index (κ2) is 7.05. The summed E-state index contributed by atoms with van der Waals surface area (Å²) in [5.74, 6) is 0.262. The first-order valence-corrected chi connectivity index (χ1v) is 7.68. The van der Waals surface area contributed by atoms with E-state index < -0.39 is 6.10 Å². The molecule has 1 aliphatic rings. The Kier molecular flexibility index (Phi) is 5.37. The number of hydrogen-bond acceptors (Lipinski definition) is 3. The number of benzene rings is 1. The molecule has 1 unspecified atom stereocenters. The molecule has 21 heavy (non-hydrogen) atoms. The number of amides is 1. The first-order valence-electron chi connectivity index (χ1n) is 7.68. The molecule has 1 aliphatic heterocycles. The summed E-state index contributed by atoms with van der Waals surface area (Å²) < 4.78 is 0. The minimum atomic E-state index is -0.483. The Balaban J connectivity index is 1.83. The van der Waals surface area contributed by atoms with Gasteiger partial charge in [0.1, 0.15) is 0 Å². The van der Waals surface area contributed by atoms with Crippen molar-refractivity contribution in [2.24, 2.45) is 0 Å². The molecule has 2 rings (SSSR count). The van der Waals surface area contributed by atoms with Crippen molar-refractivity contribution in [3.05, 3.63) is 34.9 Å². The molecule has 1 heterocycles. The fraction of sp³-hybridized carbons (Fsp3) is 0.588. The van der Waals surface area contributed by atoms with E-state index in [0.29, 0.717) is 13.0 Å². The van der Waals surface area contributed by atoms with Crippen LogP contribution in [-0.2, 0) is 4.79 Å². The van der Waals surface area contributed by atoms with Gasteiger partial charge in [0.2, 0.25) is 5.91 Å². The molecule has 1 amide bonds. The number of likely N-dealkylation sites (N-methyl/N-ethyl adjacent to an activating group) is 1. The Hall–Kier alpha value is -1.39. The summed E-state index contributed by atoms with van der Waals surface area (Å²) in [6, 6.07) is 6.18. The van der Waals surface area contributed by atoms with E-state index in [2.05, 4.69) is 11.0 Å². The molecule has 1 atom stereocenters. The number of aryl methyl sites for hydroxylation is 2. The van der Waals surface area contributed by atoms with Gasteiger partial charge in [-0.3, -0.25) is 4.79 Å². The van der Waals surface area contributed by atoms with Gasteiger partial charge in [-0.25, -0.2) is 0 Å². The van der Waals surface area contributed by atoms with Crippen LogP contribution in [0.5, 0.6) is 0 Å². The van der Waals surface area contributed by atoms with Crippen molar-refractivity contribution in [3.8, 4) is 0 Å². The van der Waals surface area contributed by atoms with E-state index in [0.717, 1.165) is 31.6 Å². The molecular formula is C17H26N2O2. The Morgan fingerprint density at radius 1 is 1.29 bits per heavy atom. The summed E-state index contributed by atoms with van der Waals surface area (Å²) in [5, 5.41) is 10.4. The van der Waals surface area contributed by atoms with E-state index in [1.54, 1.807) is 0 Å². The Morgan fingerprint density at radius 3 is 2.52 bits per heavy atom. The molecular weight excluding hydrogens is 264 g/mol. The molecule has 1 aromatic carbocycles. The van der Waals surface area contributed by atoms with Crippen molar-refractivity contribution < 1.29 is 9.90 Å². The molecule has 1 N–H and O–H groups in total. The normalized spacial score (nSPS) is 16.8. The summed E-state index contributed by atoms with van der Waals surface area (Å²) in [7, 11) is 1.99. The van der Waals surface area contributed by atoms with Gasteiger partial charge in [-0.05, 0) is 32.9 Å². The average Bonchev–Trinajstić information content (AvgIpc) is 2.80. The van der Waals surface area contributed by atoms with Crippen LogP contribution < -0.4 is 0 Å². The smallest absolute Gasteiger partial charge is 0.222 e. The summed E-state index contributed by atoms with van der Waals surface area (Å²) in [5.41, 5.74) is 3.32. The van der Waals surface area contributed by atoms with Gasteiger partial charge >= 0.3 is 0 Å². The van der Waals surface area contributed by atoms with Crippen molar-refractivity contribution in [1.82, 2.24) is 9.80 Å². The maximum Gasteiger partial charge on any atom is 0.222 e. The molecule has 0 saturated carbocycles. The van der Waals surface area contributed by atoms with E-state index in [1.807, 2.05) is 37.9 Å². The zero-order chi connectivity index (χ0) is 15.4. The van der Waals surface area contributed by atoms with Crippen molar-refractivity contribution in [2.45, 2.75) is 32.8 Å². The highest BCUT2D eigenvalue weighted by Crippen LogP contribution is 2.18. The lowest BCUT2D eigenvalue weighted by molar-refractivity contribution is -0.127. The van der Waals surface area contributed by atoms with E-state index in [9.17, 15) is 9.90 Å². The van der Waals surface area contributed by atoms with Crippen molar-refractivity contribution in [1.29, 1.82) is 0 Å². The molecule has 4 heteroatoms. The van der Waals surface area contributed by atoms with E-state index in [4.69, 9.17) is 0 Å². The van der Waals surface area contributed by atoms with Gasteiger partial charge in [0, 0.05) is 32.6 Å². The van der Waals surface area contributed by atoms with Gasteiger partial charge in [-0.15, -0.1) is 0 Å². The lowest BCUT2D eigenvalue weighted by atomic mass is 10.0. The monoisotopic (exact) mass is 290 g/mol. The van der Waals surface area contributed by atoms with Gasteiger partial charge in [0.15, 0.2) is 0 Å². The van der Waals surface area contributed by atoms with Gasteiger partial charge in [-0.1, -0.05) is 29.3 Å². The standard InChI is InChI=1S/C17H26N2O2/c1-13-9-14(2)11-15(10-13)16(20)12-18(3)7-8-19-6-4-5-17(19)21/h9-11,16,20H,4-8,12H2,1-3H3. The number of carbonyl (C=O) groups is 1. The maximum absolute atomic E-state index is 11.6. The second-order valence-electron chi connectivity index (χ2n) is 6.18. The van der Waals surface area contributed by atoms with Gasteiger partial charge in [0.25, 0.3) is 0 Å². The number of aliphatic hydroxyl groups excluding tert-OH is 1. The average molecular weight is 290 g/mol. The van der Waals surface area contributed by atoms with Gasteiger partial charge < -0.3 is 14.9 Å². The molecule has 116 valence electrons. The van der Waals surface area contributed by atoms with Crippen LogP contribution in [0.15, 0.2) is 18.2 Å². The number of rotatable bonds is 6. The van der Waals surface area contributed by atoms with E-state index >= 15 is 0 Å². The van der Waals surface area contributed by atoms with Crippen molar-refractivity contribution in [3.63, 3.8) is 0 Å². The van der Waals surface area contributed by atoms with Crippen LogP contribution in [0, 0.1) is 13.8 Å². The number of hydrogen-bond donors (Lipinski definition) is 1. The zero-order valence-corrected chi connectivity index (χ0v) is 13.3. The van der Waals surface area contributed by atoms with E-state index in [1.165, 1.54) is 11.1 Å². The van der Waals surface area contributed by atoms with Crippen LogP contribution in [0.3, 0.4) is 0 Å². The third-order valence-electron chi connectivity index (χ3n) is 4.04. The van der Waals surface area contributed by atoms with Crippen LogP contribution in [0.2, 0.25) is 0 Å². The molecule has 4 nitrogen and oxygen atoms in total. The van der Waals surface area contributed by atoms with Crippen LogP contribution >= 0.6 is 0 Å². The zero-order valence-electron chi connectivity index (χ0n) is 13.3. The molecule has 0 radical (unpaired) electrons. The number of nitrogens with zero attached hydrogens (tertiary/aromatic N) is 2. The molecule has 0 aliphatic carbocycles. The molecule has 1 aromatic rings. The lowest BCUT2D eigenvalue weighted by Gasteiger charge is -2.24. The summed E-state index contributed by atoms with van der Waals surface area (Å²) in [4.78, 5) is 15.6. The van der Waals surface area contributed by atoms with Gasteiger partial charge in [0.05, 0.1) is 6.10 Å². The fourth-order valence-electron chi connectivity index (χ4n) is 2.93. The predicted molar refractivity (Wildman–Crippen MR) is 84.2 cm³/mol. The fourth-order valence-corrected chi connectivity index (χ4v) is 2.93. The molecule has 0 aromatic heterocycles. The third kappa shape index (κ3) is 4.55. The molecule has 1 saturated heterocycles. The molecule has 0 spiro atoms.